The maximum Gasteiger partial charge on any atom is 0.306 e. The second kappa shape index (κ2) is 10.6. The summed E-state index contributed by atoms with van der Waals surface area (Å²) in [5.41, 5.74) is -0.411. The minimum Gasteiger partial charge on any atom is -0.460 e. The molecular formula is C14H25Br2NO3. The number of carbonyl (C=O) groups is 2. The van der Waals surface area contributed by atoms with E-state index in [-0.39, 0.29) is 17.8 Å². The number of nitrogens with one attached hydrogen (secondary N) is 1. The molecule has 0 aliphatic carbocycles. The van der Waals surface area contributed by atoms with Crippen molar-refractivity contribution in [1.82, 2.24) is 5.32 Å². The summed E-state index contributed by atoms with van der Waals surface area (Å²) < 4.78 is 5.22. The van der Waals surface area contributed by atoms with Gasteiger partial charge in [0.05, 0.1) is 5.92 Å². The van der Waals surface area contributed by atoms with Crippen LogP contribution >= 0.6 is 31.9 Å². The van der Waals surface area contributed by atoms with Gasteiger partial charge in [-0.1, -0.05) is 38.3 Å². The molecule has 6 heteroatoms. The fraction of sp³-hybridized carbons (Fsp3) is 0.857. The first kappa shape index (κ1) is 19.9. The number of unbranched alkanes of at least 4 members (excludes halogenated alkanes) is 2. The van der Waals surface area contributed by atoms with Crippen molar-refractivity contribution in [2.24, 2.45) is 5.92 Å². The molecule has 0 spiro atoms. The molecule has 0 heterocycles. The summed E-state index contributed by atoms with van der Waals surface area (Å²) in [5, 5.41) is 4.21. The van der Waals surface area contributed by atoms with Gasteiger partial charge in [-0.3, -0.25) is 9.59 Å². The second-order valence-corrected chi connectivity index (χ2v) is 6.99. The number of carbonyl (C=O) groups excluding carboxylic acids is 2. The number of amides is 1. The van der Waals surface area contributed by atoms with Crippen molar-refractivity contribution < 1.29 is 14.3 Å². The molecule has 0 atom stereocenters. The molecule has 0 unspecified atom stereocenters. The summed E-state index contributed by atoms with van der Waals surface area (Å²) in [7, 11) is 0. The monoisotopic (exact) mass is 413 g/mol. The van der Waals surface area contributed by atoms with E-state index in [2.05, 4.69) is 37.2 Å². The zero-order valence-electron chi connectivity index (χ0n) is 12.5. The fourth-order valence-electron chi connectivity index (χ4n) is 1.50. The van der Waals surface area contributed by atoms with Crippen LogP contribution in [0.4, 0.5) is 0 Å². The van der Waals surface area contributed by atoms with Crippen LogP contribution in [0, 0.1) is 5.92 Å². The van der Waals surface area contributed by atoms with Crippen molar-refractivity contribution in [1.29, 1.82) is 0 Å². The van der Waals surface area contributed by atoms with Crippen LogP contribution in [0.25, 0.3) is 0 Å². The zero-order valence-corrected chi connectivity index (χ0v) is 15.7. The lowest BCUT2D eigenvalue weighted by Gasteiger charge is -2.19. The summed E-state index contributed by atoms with van der Waals surface area (Å²) in [6, 6.07) is 0. The molecule has 118 valence electrons. The van der Waals surface area contributed by atoms with Crippen LogP contribution in [0.3, 0.4) is 0 Å². The first-order valence-corrected chi connectivity index (χ1v) is 9.16. The summed E-state index contributed by atoms with van der Waals surface area (Å²) in [5.74, 6) is -0.122. The van der Waals surface area contributed by atoms with E-state index in [0.29, 0.717) is 23.6 Å². The van der Waals surface area contributed by atoms with Crippen molar-refractivity contribution in [3.63, 3.8) is 0 Å². The molecule has 0 fully saturated rings. The van der Waals surface area contributed by atoms with Crippen LogP contribution in [0.15, 0.2) is 0 Å². The molecule has 20 heavy (non-hydrogen) atoms. The van der Waals surface area contributed by atoms with Gasteiger partial charge in [0.25, 0.3) is 0 Å². The summed E-state index contributed by atoms with van der Waals surface area (Å²) in [6.07, 6.45) is 3.03. The predicted octanol–water partition coefficient (Wildman–Crippen LogP) is 3.41. The number of rotatable bonds is 9. The highest BCUT2D eigenvalue weighted by Gasteiger charge is 2.16. The van der Waals surface area contributed by atoms with Gasteiger partial charge >= 0.3 is 5.97 Å². The molecule has 0 bridgehead atoms. The Balaban J connectivity index is 3.59. The standard InChI is InChI=1S/C14H25Br2NO3/c1-14(2,3)20-12(18)7-5-4-6-8-17-13(19)11(9-15)10-16/h11H,4-10H2,1-3H3,(H,17,19). The molecule has 0 aromatic carbocycles. The van der Waals surface area contributed by atoms with Gasteiger partial charge in [0.2, 0.25) is 5.91 Å². The average Bonchev–Trinajstić information content (AvgIpc) is 2.32. The molecule has 0 saturated carbocycles. The number of esters is 1. The Morgan fingerprint density at radius 2 is 1.70 bits per heavy atom. The van der Waals surface area contributed by atoms with E-state index < -0.39 is 5.60 Å². The van der Waals surface area contributed by atoms with E-state index in [1.165, 1.54) is 0 Å². The van der Waals surface area contributed by atoms with E-state index in [9.17, 15) is 9.59 Å². The highest BCUT2D eigenvalue weighted by atomic mass is 79.9. The van der Waals surface area contributed by atoms with E-state index in [1.54, 1.807) is 0 Å². The Kier molecular flexibility index (Phi) is 10.5. The topological polar surface area (TPSA) is 55.4 Å². The number of ether oxygens (including phenoxy) is 1. The van der Waals surface area contributed by atoms with Gasteiger partial charge in [0.15, 0.2) is 0 Å². The first-order valence-electron chi connectivity index (χ1n) is 6.91. The van der Waals surface area contributed by atoms with Gasteiger partial charge in [-0.15, -0.1) is 0 Å². The Hall–Kier alpha value is -0.100. The SMILES string of the molecule is CC(C)(C)OC(=O)CCCCCNC(=O)C(CBr)CBr. The van der Waals surface area contributed by atoms with Gasteiger partial charge in [0, 0.05) is 23.6 Å². The third-order valence-electron chi connectivity index (χ3n) is 2.52. The van der Waals surface area contributed by atoms with Crippen LogP contribution in [-0.2, 0) is 14.3 Å². The molecule has 1 N–H and O–H groups in total. The molecule has 0 aliphatic rings. The average molecular weight is 415 g/mol. The Labute approximate surface area is 138 Å². The largest absolute Gasteiger partial charge is 0.460 e. The molecule has 4 nitrogen and oxygen atoms in total. The van der Waals surface area contributed by atoms with Crippen LogP contribution in [0.5, 0.6) is 0 Å². The molecule has 0 aliphatic heterocycles. The minimum atomic E-state index is -0.411. The van der Waals surface area contributed by atoms with Crippen molar-refractivity contribution in [3.8, 4) is 0 Å². The number of hydrogen-bond acceptors (Lipinski definition) is 3. The normalized spacial score (nSPS) is 11.5. The van der Waals surface area contributed by atoms with E-state index >= 15 is 0 Å². The van der Waals surface area contributed by atoms with Crippen molar-refractivity contribution in [3.05, 3.63) is 0 Å². The lowest BCUT2D eigenvalue weighted by molar-refractivity contribution is -0.154. The highest BCUT2D eigenvalue weighted by molar-refractivity contribution is 9.09. The molecule has 0 radical (unpaired) electrons. The molecule has 0 aromatic heterocycles. The smallest absolute Gasteiger partial charge is 0.306 e. The molecule has 1 amide bonds. The van der Waals surface area contributed by atoms with E-state index in [1.807, 2.05) is 20.8 Å². The summed E-state index contributed by atoms with van der Waals surface area (Å²) in [6.45, 7) is 6.25. The Morgan fingerprint density at radius 1 is 1.10 bits per heavy atom. The van der Waals surface area contributed by atoms with Crippen LogP contribution in [0.1, 0.15) is 46.5 Å². The molecule has 0 saturated heterocycles. The van der Waals surface area contributed by atoms with Gasteiger partial charge < -0.3 is 10.1 Å². The van der Waals surface area contributed by atoms with Crippen LogP contribution in [0.2, 0.25) is 0 Å². The zero-order chi connectivity index (χ0) is 15.6. The summed E-state index contributed by atoms with van der Waals surface area (Å²) >= 11 is 6.62. The van der Waals surface area contributed by atoms with Gasteiger partial charge in [-0.05, 0) is 33.6 Å². The Morgan fingerprint density at radius 3 is 2.20 bits per heavy atom. The minimum absolute atomic E-state index is 0.0308. The second-order valence-electron chi connectivity index (χ2n) is 5.69. The van der Waals surface area contributed by atoms with E-state index in [0.717, 1.165) is 19.3 Å². The maximum atomic E-state index is 11.7. The number of halogens is 2. The van der Waals surface area contributed by atoms with Gasteiger partial charge in [-0.25, -0.2) is 0 Å². The van der Waals surface area contributed by atoms with Crippen LogP contribution < -0.4 is 5.32 Å². The van der Waals surface area contributed by atoms with Crippen molar-refractivity contribution in [2.45, 2.75) is 52.1 Å². The Bertz CT molecular complexity index is 299. The predicted molar refractivity (Wildman–Crippen MR) is 88.4 cm³/mol. The third-order valence-corrected chi connectivity index (χ3v) is 4.08. The lowest BCUT2D eigenvalue weighted by Crippen LogP contribution is -2.33. The lowest BCUT2D eigenvalue weighted by atomic mass is 10.1. The third kappa shape index (κ3) is 10.7. The van der Waals surface area contributed by atoms with E-state index in [4.69, 9.17) is 4.74 Å². The van der Waals surface area contributed by atoms with Gasteiger partial charge in [-0.2, -0.15) is 0 Å². The van der Waals surface area contributed by atoms with Crippen LogP contribution in [-0.4, -0.2) is 34.7 Å². The summed E-state index contributed by atoms with van der Waals surface area (Å²) in [4.78, 5) is 23.1. The van der Waals surface area contributed by atoms with Gasteiger partial charge in [0.1, 0.15) is 5.60 Å². The highest BCUT2D eigenvalue weighted by Crippen LogP contribution is 2.10. The molecule has 0 rings (SSSR count). The quantitative estimate of drug-likeness (QED) is 0.357. The number of alkyl halides is 2. The molecular weight excluding hydrogens is 390 g/mol. The number of hydrogen-bond donors (Lipinski definition) is 1. The van der Waals surface area contributed by atoms with Crippen molar-refractivity contribution >= 4 is 43.7 Å². The first-order chi connectivity index (χ1) is 9.30. The maximum absolute atomic E-state index is 11.7. The molecule has 0 aromatic rings. The fourth-order valence-corrected chi connectivity index (χ4v) is 3.16. The van der Waals surface area contributed by atoms with Crippen molar-refractivity contribution in [2.75, 3.05) is 17.2 Å².